The molecule has 140 valence electrons. The fourth-order valence-corrected chi connectivity index (χ4v) is 2.97. The molecule has 3 amide bonds. The minimum atomic E-state index is -0.574. The molecule has 2 aromatic rings. The van der Waals surface area contributed by atoms with Crippen LogP contribution in [0.1, 0.15) is 23.2 Å². The highest BCUT2D eigenvalue weighted by Gasteiger charge is 2.30. The van der Waals surface area contributed by atoms with Gasteiger partial charge in [0, 0.05) is 17.8 Å². The molecular weight excluding hydrogens is 346 g/mol. The van der Waals surface area contributed by atoms with Crippen molar-refractivity contribution in [1.82, 2.24) is 5.32 Å². The third-order valence-corrected chi connectivity index (χ3v) is 4.31. The average molecular weight is 367 g/mol. The Morgan fingerprint density at radius 3 is 2.48 bits per heavy atom. The molecule has 1 aliphatic rings. The third-order valence-electron chi connectivity index (χ3n) is 4.31. The van der Waals surface area contributed by atoms with Gasteiger partial charge in [-0.05, 0) is 49.2 Å². The molecule has 0 aliphatic carbocycles. The number of anilines is 1. The lowest BCUT2D eigenvalue weighted by Gasteiger charge is -2.32. The van der Waals surface area contributed by atoms with Crippen molar-refractivity contribution in [2.45, 2.75) is 18.9 Å². The van der Waals surface area contributed by atoms with Crippen LogP contribution in [0, 0.1) is 0 Å². The SMILES string of the molecule is NC(=O)COc1ccc(C(=O)NC2CCCN(c3ccccc3)C2=O)cc1. The lowest BCUT2D eigenvalue weighted by molar-refractivity contribution is -0.121. The first-order chi connectivity index (χ1) is 13.0. The van der Waals surface area contributed by atoms with Crippen molar-refractivity contribution in [2.24, 2.45) is 5.73 Å². The van der Waals surface area contributed by atoms with Crippen LogP contribution in [-0.4, -0.2) is 36.9 Å². The smallest absolute Gasteiger partial charge is 0.255 e. The van der Waals surface area contributed by atoms with Crippen LogP contribution in [0.3, 0.4) is 0 Å². The maximum absolute atomic E-state index is 12.7. The number of ether oxygens (including phenoxy) is 1. The fraction of sp³-hybridized carbons (Fsp3) is 0.250. The number of hydrogen-bond acceptors (Lipinski definition) is 4. The highest BCUT2D eigenvalue weighted by atomic mass is 16.5. The number of rotatable bonds is 6. The Hall–Kier alpha value is -3.35. The van der Waals surface area contributed by atoms with Gasteiger partial charge in [0.2, 0.25) is 5.91 Å². The van der Waals surface area contributed by atoms with Crippen molar-refractivity contribution in [3.63, 3.8) is 0 Å². The van der Waals surface area contributed by atoms with E-state index in [-0.39, 0.29) is 18.4 Å². The highest BCUT2D eigenvalue weighted by molar-refractivity contribution is 6.02. The van der Waals surface area contributed by atoms with E-state index in [4.69, 9.17) is 10.5 Å². The number of benzene rings is 2. The van der Waals surface area contributed by atoms with Crippen LogP contribution in [0.5, 0.6) is 5.75 Å². The summed E-state index contributed by atoms with van der Waals surface area (Å²) in [7, 11) is 0. The number of para-hydroxylation sites is 1. The minimum absolute atomic E-state index is 0.109. The van der Waals surface area contributed by atoms with E-state index in [9.17, 15) is 14.4 Å². The first kappa shape index (κ1) is 18.4. The number of nitrogens with one attached hydrogen (secondary N) is 1. The minimum Gasteiger partial charge on any atom is -0.484 e. The van der Waals surface area contributed by atoms with Crippen LogP contribution in [-0.2, 0) is 9.59 Å². The second-order valence-corrected chi connectivity index (χ2v) is 6.27. The van der Waals surface area contributed by atoms with E-state index in [1.54, 1.807) is 29.2 Å². The Balaban J connectivity index is 1.63. The molecule has 2 aromatic carbocycles. The summed E-state index contributed by atoms with van der Waals surface area (Å²) in [5.41, 5.74) is 6.26. The number of piperidine rings is 1. The van der Waals surface area contributed by atoms with Crippen LogP contribution in [0.2, 0.25) is 0 Å². The summed E-state index contributed by atoms with van der Waals surface area (Å²) in [6.07, 6.45) is 1.42. The zero-order valence-corrected chi connectivity index (χ0v) is 14.8. The molecule has 1 atom stereocenters. The van der Waals surface area contributed by atoms with Crippen molar-refractivity contribution in [3.05, 3.63) is 60.2 Å². The Morgan fingerprint density at radius 2 is 1.81 bits per heavy atom. The molecule has 3 rings (SSSR count). The zero-order chi connectivity index (χ0) is 19.2. The number of primary amides is 1. The summed E-state index contributed by atoms with van der Waals surface area (Å²) in [5, 5.41) is 2.81. The van der Waals surface area contributed by atoms with Crippen LogP contribution in [0.15, 0.2) is 54.6 Å². The van der Waals surface area contributed by atoms with Gasteiger partial charge in [0.15, 0.2) is 6.61 Å². The van der Waals surface area contributed by atoms with Crippen molar-refractivity contribution in [2.75, 3.05) is 18.1 Å². The molecular formula is C20H21N3O4. The molecule has 7 heteroatoms. The van der Waals surface area contributed by atoms with Gasteiger partial charge in [0.25, 0.3) is 11.8 Å². The molecule has 0 spiro atoms. The Kier molecular flexibility index (Phi) is 5.71. The molecule has 1 aliphatic heterocycles. The Morgan fingerprint density at radius 1 is 1.11 bits per heavy atom. The maximum atomic E-state index is 12.7. The van der Waals surface area contributed by atoms with Gasteiger partial charge in [0.05, 0.1) is 0 Å². The van der Waals surface area contributed by atoms with Gasteiger partial charge in [-0.2, -0.15) is 0 Å². The van der Waals surface area contributed by atoms with Gasteiger partial charge in [-0.1, -0.05) is 18.2 Å². The second kappa shape index (κ2) is 8.35. The lowest BCUT2D eigenvalue weighted by Crippen LogP contribution is -2.52. The van der Waals surface area contributed by atoms with Crippen molar-refractivity contribution in [3.8, 4) is 5.75 Å². The number of hydrogen-bond donors (Lipinski definition) is 2. The molecule has 1 saturated heterocycles. The largest absolute Gasteiger partial charge is 0.484 e. The summed E-state index contributed by atoms with van der Waals surface area (Å²) < 4.78 is 5.17. The molecule has 0 bridgehead atoms. The van der Waals surface area contributed by atoms with Crippen LogP contribution >= 0.6 is 0 Å². The summed E-state index contributed by atoms with van der Waals surface area (Å²) in [6.45, 7) is 0.415. The van der Waals surface area contributed by atoms with Crippen LogP contribution in [0.4, 0.5) is 5.69 Å². The van der Waals surface area contributed by atoms with Gasteiger partial charge < -0.3 is 20.7 Å². The van der Waals surface area contributed by atoms with E-state index in [0.29, 0.717) is 24.3 Å². The summed E-state index contributed by atoms with van der Waals surface area (Å²) in [6, 6.07) is 15.2. The quantitative estimate of drug-likeness (QED) is 0.807. The monoisotopic (exact) mass is 367 g/mol. The van der Waals surface area contributed by atoms with Gasteiger partial charge in [-0.15, -0.1) is 0 Å². The number of carbonyl (C=O) groups excluding carboxylic acids is 3. The Labute approximate surface area is 157 Å². The number of carbonyl (C=O) groups is 3. The fourth-order valence-electron chi connectivity index (χ4n) is 2.97. The van der Waals surface area contributed by atoms with E-state index in [2.05, 4.69) is 5.32 Å². The van der Waals surface area contributed by atoms with Crippen molar-refractivity contribution >= 4 is 23.4 Å². The van der Waals surface area contributed by atoms with E-state index in [1.807, 2.05) is 30.3 Å². The summed E-state index contributed by atoms with van der Waals surface area (Å²) in [4.78, 5) is 37.7. The van der Waals surface area contributed by atoms with Gasteiger partial charge in [0.1, 0.15) is 11.8 Å². The van der Waals surface area contributed by atoms with Crippen LogP contribution < -0.4 is 20.7 Å². The molecule has 1 heterocycles. The number of amides is 3. The standard InChI is InChI=1S/C20H21N3O4/c21-18(24)13-27-16-10-8-14(9-11-16)19(25)22-17-7-4-12-23(20(17)26)15-5-2-1-3-6-15/h1-3,5-6,8-11,17H,4,7,12-13H2,(H2,21,24)(H,22,25). The molecule has 27 heavy (non-hydrogen) atoms. The summed E-state index contributed by atoms with van der Waals surface area (Å²) in [5.74, 6) is -0.572. The van der Waals surface area contributed by atoms with Crippen molar-refractivity contribution in [1.29, 1.82) is 0 Å². The molecule has 0 saturated carbocycles. The maximum Gasteiger partial charge on any atom is 0.255 e. The third kappa shape index (κ3) is 4.63. The topological polar surface area (TPSA) is 102 Å². The first-order valence-corrected chi connectivity index (χ1v) is 8.73. The van der Waals surface area contributed by atoms with Gasteiger partial charge >= 0.3 is 0 Å². The first-order valence-electron chi connectivity index (χ1n) is 8.73. The normalized spacial score (nSPS) is 16.7. The second-order valence-electron chi connectivity index (χ2n) is 6.27. The lowest BCUT2D eigenvalue weighted by atomic mass is 10.0. The van der Waals surface area contributed by atoms with E-state index in [1.165, 1.54) is 0 Å². The van der Waals surface area contributed by atoms with E-state index < -0.39 is 11.9 Å². The average Bonchev–Trinajstić information content (AvgIpc) is 2.69. The number of nitrogens with two attached hydrogens (primary N) is 1. The van der Waals surface area contributed by atoms with Crippen LogP contribution in [0.25, 0.3) is 0 Å². The highest BCUT2D eigenvalue weighted by Crippen LogP contribution is 2.21. The van der Waals surface area contributed by atoms with Crippen molar-refractivity contribution < 1.29 is 19.1 Å². The molecule has 7 nitrogen and oxygen atoms in total. The van der Waals surface area contributed by atoms with Gasteiger partial charge in [-0.25, -0.2) is 0 Å². The van der Waals surface area contributed by atoms with E-state index >= 15 is 0 Å². The zero-order valence-electron chi connectivity index (χ0n) is 14.8. The molecule has 0 radical (unpaired) electrons. The predicted molar refractivity (Wildman–Crippen MR) is 100 cm³/mol. The number of nitrogens with zero attached hydrogens (tertiary/aromatic N) is 1. The Bertz CT molecular complexity index is 821. The molecule has 1 unspecified atom stereocenters. The van der Waals surface area contributed by atoms with E-state index in [0.717, 1.165) is 12.1 Å². The summed E-state index contributed by atoms with van der Waals surface area (Å²) >= 11 is 0. The predicted octanol–water partition coefficient (Wildman–Crippen LogP) is 1.48. The molecule has 0 aromatic heterocycles. The van der Waals surface area contributed by atoms with Gasteiger partial charge in [-0.3, -0.25) is 14.4 Å². The molecule has 1 fully saturated rings. The molecule has 3 N–H and O–H groups in total.